The summed E-state index contributed by atoms with van der Waals surface area (Å²) in [5, 5.41) is 0.540. The highest BCUT2D eigenvalue weighted by Gasteiger charge is 2.45. The van der Waals surface area contributed by atoms with Crippen molar-refractivity contribution in [2.75, 3.05) is 0 Å². The van der Waals surface area contributed by atoms with E-state index in [1.807, 2.05) is 0 Å². The van der Waals surface area contributed by atoms with E-state index in [4.69, 9.17) is 8.85 Å². The van der Waals surface area contributed by atoms with Crippen LogP contribution in [0, 0.1) is 0 Å². The molecular weight excluding hydrogens is 304 g/mol. The van der Waals surface area contributed by atoms with Gasteiger partial charge in [0, 0.05) is 0 Å². The van der Waals surface area contributed by atoms with Gasteiger partial charge in [-0.05, 0) is 49.1 Å². The van der Waals surface area contributed by atoms with Gasteiger partial charge in [-0.25, -0.2) is 0 Å². The number of hydrogen-bond donors (Lipinski definition) is 0. The lowest BCUT2D eigenvalue weighted by Gasteiger charge is -2.46. The molecule has 22 heavy (non-hydrogen) atoms. The standard InChI is InChI=1S/C18H40O2Si2/c1-17(2,3)21(7,8)19-15-13-11-12-14-16(15)20-22(9,10)18(4,5)6/h15-16H,11-14H2,1-10H3/t15-,16+. The maximum Gasteiger partial charge on any atom is 0.192 e. The van der Waals surface area contributed by atoms with Crippen LogP contribution in [0.5, 0.6) is 0 Å². The zero-order chi connectivity index (χ0) is 17.4. The van der Waals surface area contributed by atoms with Crippen molar-refractivity contribution in [2.45, 2.75) is 116 Å². The summed E-state index contributed by atoms with van der Waals surface area (Å²) in [5.74, 6) is 0. The highest BCUT2D eigenvalue weighted by atomic mass is 28.4. The lowest BCUT2D eigenvalue weighted by atomic mass is 9.95. The topological polar surface area (TPSA) is 18.5 Å². The fourth-order valence-electron chi connectivity index (χ4n) is 2.44. The molecule has 0 aromatic rings. The Morgan fingerprint density at radius 2 is 0.909 bits per heavy atom. The molecule has 1 rings (SSSR count). The number of rotatable bonds is 4. The van der Waals surface area contributed by atoms with E-state index in [2.05, 4.69) is 67.7 Å². The van der Waals surface area contributed by atoms with Crippen molar-refractivity contribution in [1.82, 2.24) is 0 Å². The van der Waals surface area contributed by atoms with Gasteiger partial charge in [-0.1, -0.05) is 54.4 Å². The first-order chi connectivity index (χ1) is 9.67. The SMILES string of the molecule is CC(C)(C)[Si](C)(C)O[C@H]1CCCC[C@H]1O[Si](C)(C)C(C)(C)C. The van der Waals surface area contributed by atoms with Crippen molar-refractivity contribution in [1.29, 1.82) is 0 Å². The van der Waals surface area contributed by atoms with Gasteiger partial charge >= 0.3 is 0 Å². The van der Waals surface area contributed by atoms with Gasteiger partial charge in [0.25, 0.3) is 0 Å². The van der Waals surface area contributed by atoms with Gasteiger partial charge in [0.1, 0.15) is 0 Å². The maximum atomic E-state index is 6.75. The van der Waals surface area contributed by atoms with Crippen molar-refractivity contribution in [3.63, 3.8) is 0 Å². The predicted octanol–water partition coefficient (Wildman–Crippen LogP) is 6.34. The normalized spacial score (nSPS) is 25.4. The molecule has 2 atom stereocenters. The van der Waals surface area contributed by atoms with Crippen LogP contribution in [0.25, 0.3) is 0 Å². The summed E-state index contributed by atoms with van der Waals surface area (Å²) in [7, 11) is -3.44. The van der Waals surface area contributed by atoms with Crippen LogP contribution >= 0.6 is 0 Å². The summed E-state index contributed by atoms with van der Waals surface area (Å²) >= 11 is 0. The first-order valence-corrected chi connectivity index (χ1v) is 14.8. The Bertz CT molecular complexity index is 328. The van der Waals surface area contributed by atoms with Crippen LogP contribution in [0.1, 0.15) is 67.2 Å². The second kappa shape index (κ2) is 6.69. The molecular formula is C18H40O2Si2. The smallest absolute Gasteiger partial charge is 0.192 e. The van der Waals surface area contributed by atoms with Crippen molar-refractivity contribution in [3.05, 3.63) is 0 Å². The molecule has 1 fully saturated rings. The summed E-state index contributed by atoms with van der Waals surface area (Å²) in [6.45, 7) is 23.4. The minimum absolute atomic E-state index is 0.270. The Kier molecular flexibility index (Phi) is 6.21. The molecule has 0 aromatic heterocycles. The highest BCUT2D eigenvalue weighted by Crippen LogP contribution is 2.42. The minimum Gasteiger partial charge on any atom is -0.411 e. The molecule has 132 valence electrons. The minimum atomic E-state index is -1.72. The third-order valence-corrected chi connectivity index (χ3v) is 15.2. The molecule has 0 saturated heterocycles. The molecule has 0 spiro atoms. The molecule has 4 heteroatoms. The van der Waals surface area contributed by atoms with E-state index in [9.17, 15) is 0 Å². The molecule has 0 heterocycles. The molecule has 0 amide bonds. The van der Waals surface area contributed by atoms with Crippen LogP contribution in [0.15, 0.2) is 0 Å². The zero-order valence-electron chi connectivity index (χ0n) is 16.8. The summed E-state index contributed by atoms with van der Waals surface area (Å²) in [6.07, 6.45) is 5.54. The van der Waals surface area contributed by atoms with Crippen LogP contribution in [0.2, 0.25) is 36.3 Å². The van der Waals surface area contributed by atoms with Gasteiger partial charge in [0.05, 0.1) is 12.2 Å². The van der Waals surface area contributed by atoms with E-state index in [-0.39, 0.29) is 10.1 Å². The van der Waals surface area contributed by atoms with E-state index in [1.165, 1.54) is 25.7 Å². The average Bonchev–Trinajstić information content (AvgIpc) is 2.28. The van der Waals surface area contributed by atoms with Gasteiger partial charge < -0.3 is 8.85 Å². The Hall–Kier alpha value is 0.354. The van der Waals surface area contributed by atoms with Crippen LogP contribution in [0.4, 0.5) is 0 Å². The second-order valence-corrected chi connectivity index (χ2v) is 19.6. The summed E-state index contributed by atoms with van der Waals surface area (Å²) in [4.78, 5) is 0. The van der Waals surface area contributed by atoms with Crippen molar-refractivity contribution in [3.8, 4) is 0 Å². The maximum absolute atomic E-state index is 6.75. The van der Waals surface area contributed by atoms with Crippen molar-refractivity contribution >= 4 is 16.6 Å². The van der Waals surface area contributed by atoms with Crippen LogP contribution in [0.3, 0.4) is 0 Å². The number of hydrogen-bond acceptors (Lipinski definition) is 2. The third kappa shape index (κ3) is 4.92. The summed E-state index contributed by atoms with van der Waals surface area (Å²) in [5.41, 5.74) is 0. The fourth-order valence-corrected chi connectivity index (χ4v) is 5.20. The summed E-state index contributed by atoms with van der Waals surface area (Å²) in [6, 6.07) is 0. The van der Waals surface area contributed by atoms with E-state index < -0.39 is 16.6 Å². The molecule has 1 aliphatic carbocycles. The van der Waals surface area contributed by atoms with Gasteiger partial charge in [0.15, 0.2) is 16.6 Å². The Morgan fingerprint density at radius 3 is 1.14 bits per heavy atom. The summed E-state index contributed by atoms with van der Waals surface area (Å²) < 4.78 is 13.5. The molecule has 2 nitrogen and oxygen atoms in total. The predicted molar refractivity (Wildman–Crippen MR) is 103 cm³/mol. The molecule has 1 aliphatic rings. The van der Waals surface area contributed by atoms with E-state index >= 15 is 0 Å². The van der Waals surface area contributed by atoms with Gasteiger partial charge in [-0.15, -0.1) is 0 Å². The Labute approximate surface area is 141 Å². The molecule has 0 aliphatic heterocycles. The Balaban J connectivity index is 2.85. The van der Waals surface area contributed by atoms with Crippen LogP contribution in [-0.4, -0.2) is 28.8 Å². The van der Waals surface area contributed by atoms with Crippen molar-refractivity contribution < 1.29 is 8.85 Å². The van der Waals surface area contributed by atoms with Gasteiger partial charge in [-0.2, -0.15) is 0 Å². The second-order valence-electron chi connectivity index (χ2n) is 10.1. The van der Waals surface area contributed by atoms with Crippen LogP contribution in [-0.2, 0) is 8.85 Å². The van der Waals surface area contributed by atoms with E-state index in [0.717, 1.165) is 0 Å². The van der Waals surface area contributed by atoms with Gasteiger partial charge in [0.2, 0.25) is 0 Å². The molecule has 0 aromatic carbocycles. The zero-order valence-corrected chi connectivity index (χ0v) is 18.8. The average molecular weight is 345 g/mol. The first kappa shape index (κ1) is 20.4. The lowest BCUT2D eigenvalue weighted by Crippen LogP contribution is -2.52. The van der Waals surface area contributed by atoms with Gasteiger partial charge in [-0.3, -0.25) is 0 Å². The van der Waals surface area contributed by atoms with E-state index in [0.29, 0.717) is 12.2 Å². The molecule has 0 N–H and O–H groups in total. The largest absolute Gasteiger partial charge is 0.411 e. The van der Waals surface area contributed by atoms with Crippen LogP contribution < -0.4 is 0 Å². The lowest BCUT2D eigenvalue weighted by molar-refractivity contribution is 0.00670. The Morgan fingerprint density at radius 1 is 0.636 bits per heavy atom. The van der Waals surface area contributed by atoms with Crippen molar-refractivity contribution in [2.24, 2.45) is 0 Å². The van der Waals surface area contributed by atoms with E-state index in [1.54, 1.807) is 0 Å². The molecule has 0 radical (unpaired) electrons. The third-order valence-electron chi connectivity index (χ3n) is 6.15. The highest BCUT2D eigenvalue weighted by molar-refractivity contribution is 6.74. The molecule has 1 saturated carbocycles. The molecule has 0 unspecified atom stereocenters. The molecule has 0 bridgehead atoms. The quantitative estimate of drug-likeness (QED) is 0.554. The fraction of sp³-hybridized carbons (Fsp3) is 1.00. The monoisotopic (exact) mass is 344 g/mol. The first-order valence-electron chi connectivity index (χ1n) is 9.03.